The van der Waals surface area contributed by atoms with Crippen LogP contribution < -0.4 is 9.47 Å². The second-order valence-electron chi connectivity index (χ2n) is 9.83. The molecule has 1 aliphatic heterocycles. The molecule has 4 heterocycles. The zero-order valence-corrected chi connectivity index (χ0v) is 23.2. The number of pyridine rings is 1. The first-order valence-electron chi connectivity index (χ1n) is 13.1. The number of methoxy groups -OCH3 is 2. The predicted molar refractivity (Wildman–Crippen MR) is 152 cm³/mol. The Labute approximate surface area is 233 Å². The summed E-state index contributed by atoms with van der Waals surface area (Å²) in [5.74, 6) is 1.72. The molecule has 0 saturated carbocycles. The molecule has 0 amide bonds. The first kappa shape index (κ1) is 26.1. The summed E-state index contributed by atoms with van der Waals surface area (Å²) in [6.45, 7) is 2.34. The molecule has 0 radical (unpaired) electrons. The molecule has 206 valence electrons. The summed E-state index contributed by atoms with van der Waals surface area (Å²) in [6, 6.07) is 16.0. The molecule has 0 unspecified atom stereocenters. The van der Waals surface area contributed by atoms with Crippen LogP contribution in [-0.4, -0.2) is 54.6 Å². The van der Waals surface area contributed by atoms with E-state index in [2.05, 4.69) is 10.1 Å². The van der Waals surface area contributed by atoms with Crippen LogP contribution >= 0.6 is 0 Å². The molecule has 6 rings (SSSR count). The molecule has 1 aliphatic rings. The van der Waals surface area contributed by atoms with Crippen molar-refractivity contribution in [3.8, 4) is 33.8 Å². The van der Waals surface area contributed by atoms with Gasteiger partial charge in [-0.25, -0.2) is 17.4 Å². The van der Waals surface area contributed by atoms with Crippen LogP contribution in [0.4, 0.5) is 0 Å². The van der Waals surface area contributed by atoms with Gasteiger partial charge >= 0.3 is 0 Å². The fourth-order valence-corrected chi connectivity index (χ4v) is 6.51. The lowest BCUT2D eigenvalue weighted by Gasteiger charge is -2.21. The average Bonchev–Trinajstić information content (AvgIpc) is 3.62. The molecule has 10 heteroatoms. The van der Waals surface area contributed by atoms with Gasteiger partial charge in [-0.2, -0.15) is 5.10 Å². The van der Waals surface area contributed by atoms with Crippen LogP contribution in [0.2, 0.25) is 0 Å². The lowest BCUT2D eigenvalue weighted by molar-refractivity contribution is 0.0601. The maximum absolute atomic E-state index is 13.7. The summed E-state index contributed by atoms with van der Waals surface area (Å²) in [6.07, 6.45) is 9.10. The fraction of sp³-hybridized carbons (Fsp3) is 0.267. The Morgan fingerprint density at radius 3 is 2.42 bits per heavy atom. The van der Waals surface area contributed by atoms with E-state index in [-0.39, 0.29) is 4.90 Å². The van der Waals surface area contributed by atoms with Gasteiger partial charge in [-0.15, -0.1) is 0 Å². The number of hydrogen-bond acceptors (Lipinski definition) is 7. The first-order valence-corrected chi connectivity index (χ1v) is 14.6. The highest BCUT2D eigenvalue weighted by molar-refractivity contribution is 7.90. The minimum atomic E-state index is -3.89. The second-order valence-corrected chi connectivity index (χ2v) is 11.6. The van der Waals surface area contributed by atoms with Crippen LogP contribution in [0.25, 0.3) is 33.3 Å². The van der Waals surface area contributed by atoms with Gasteiger partial charge in [0.25, 0.3) is 10.0 Å². The maximum Gasteiger partial charge on any atom is 0.269 e. The summed E-state index contributed by atoms with van der Waals surface area (Å²) in [7, 11) is -0.705. The molecule has 1 saturated heterocycles. The second kappa shape index (κ2) is 10.8. The van der Waals surface area contributed by atoms with E-state index < -0.39 is 10.0 Å². The fourth-order valence-electron chi connectivity index (χ4n) is 5.17. The predicted octanol–water partition coefficient (Wildman–Crippen LogP) is 5.25. The van der Waals surface area contributed by atoms with Gasteiger partial charge in [-0.1, -0.05) is 24.3 Å². The standard InChI is InChI=1S/C30H30N4O5S/c1-37-28-9-8-22(15-29(28)38-2)23-14-26-27(24-17-32-33(19-24)18-21-10-12-39-13-11-21)20-34(30(26)31-16-23)40(35,36)25-6-4-3-5-7-25/h3-9,14-17,19-21H,10-13,18H2,1-2H3. The van der Waals surface area contributed by atoms with Crippen LogP contribution in [0.5, 0.6) is 11.5 Å². The van der Waals surface area contributed by atoms with Crippen LogP contribution in [0.15, 0.2) is 84.3 Å². The third kappa shape index (κ3) is 4.84. The highest BCUT2D eigenvalue weighted by Gasteiger charge is 2.24. The van der Waals surface area contributed by atoms with E-state index in [4.69, 9.17) is 14.2 Å². The quantitative estimate of drug-likeness (QED) is 0.257. The van der Waals surface area contributed by atoms with Crippen molar-refractivity contribution >= 4 is 21.1 Å². The molecule has 3 aromatic heterocycles. The summed E-state index contributed by atoms with van der Waals surface area (Å²) in [5.41, 5.74) is 3.60. The van der Waals surface area contributed by atoms with Gasteiger partial charge in [-0.05, 0) is 54.7 Å². The number of nitrogens with zero attached hydrogens (tertiary/aromatic N) is 4. The molecule has 5 aromatic rings. The summed E-state index contributed by atoms with van der Waals surface area (Å²) >= 11 is 0. The topological polar surface area (TPSA) is 97.5 Å². The van der Waals surface area contributed by atoms with Gasteiger partial charge in [-0.3, -0.25) is 4.68 Å². The Hall–Kier alpha value is -4.15. The van der Waals surface area contributed by atoms with E-state index in [1.807, 2.05) is 35.1 Å². The summed E-state index contributed by atoms with van der Waals surface area (Å²) < 4.78 is 47.0. The molecular weight excluding hydrogens is 528 g/mol. The third-order valence-corrected chi connectivity index (χ3v) is 9.02. The Morgan fingerprint density at radius 2 is 1.68 bits per heavy atom. The third-order valence-electron chi connectivity index (χ3n) is 7.36. The molecule has 9 nitrogen and oxygen atoms in total. The zero-order valence-electron chi connectivity index (χ0n) is 22.4. The van der Waals surface area contributed by atoms with Gasteiger partial charge in [0.2, 0.25) is 0 Å². The lowest BCUT2D eigenvalue weighted by Crippen LogP contribution is -2.20. The van der Waals surface area contributed by atoms with Gasteiger partial charge in [0.1, 0.15) is 0 Å². The van der Waals surface area contributed by atoms with E-state index in [0.29, 0.717) is 28.5 Å². The highest BCUT2D eigenvalue weighted by atomic mass is 32.2. The number of hydrogen-bond donors (Lipinski definition) is 0. The first-order chi connectivity index (χ1) is 19.5. The van der Waals surface area contributed by atoms with E-state index in [0.717, 1.165) is 54.9 Å². The summed E-state index contributed by atoms with van der Waals surface area (Å²) in [5, 5.41) is 5.32. The minimum Gasteiger partial charge on any atom is -0.493 e. The van der Waals surface area contributed by atoms with Crippen LogP contribution in [-0.2, 0) is 21.3 Å². The average molecular weight is 559 g/mol. The molecule has 0 N–H and O–H groups in total. The molecule has 0 aliphatic carbocycles. The van der Waals surface area contributed by atoms with Crippen LogP contribution in [0, 0.1) is 5.92 Å². The van der Waals surface area contributed by atoms with Crippen molar-refractivity contribution in [1.29, 1.82) is 0 Å². The Bertz CT molecular complexity index is 1760. The van der Waals surface area contributed by atoms with Crippen LogP contribution in [0.1, 0.15) is 12.8 Å². The van der Waals surface area contributed by atoms with Crippen molar-refractivity contribution in [2.45, 2.75) is 24.3 Å². The molecule has 0 bridgehead atoms. The molecular formula is C30H30N4O5S. The lowest BCUT2D eigenvalue weighted by atomic mass is 10.0. The van der Waals surface area contributed by atoms with Gasteiger partial charge < -0.3 is 14.2 Å². The van der Waals surface area contributed by atoms with Crippen molar-refractivity contribution in [1.82, 2.24) is 18.7 Å². The largest absolute Gasteiger partial charge is 0.493 e. The van der Waals surface area contributed by atoms with Crippen molar-refractivity contribution in [2.75, 3.05) is 27.4 Å². The van der Waals surface area contributed by atoms with E-state index >= 15 is 0 Å². The summed E-state index contributed by atoms with van der Waals surface area (Å²) in [4.78, 5) is 4.86. The van der Waals surface area contributed by atoms with Gasteiger partial charge in [0.05, 0.1) is 25.3 Å². The van der Waals surface area contributed by atoms with Gasteiger partial charge in [0, 0.05) is 60.4 Å². The smallest absolute Gasteiger partial charge is 0.269 e. The van der Waals surface area contributed by atoms with E-state index in [1.54, 1.807) is 63.1 Å². The van der Waals surface area contributed by atoms with Crippen molar-refractivity contribution in [3.05, 3.63) is 79.4 Å². The van der Waals surface area contributed by atoms with Crippen molar-refractivity contribution in [2.24, 2.45) is 5.92 Å². The van der Waals surface area contributed by atoms with Crippen molar-refractivity contribution < 1.29 is 22.6 Å². The zero-order chi connectivity index (χ0) is 27.7. The Morgan fingerprint density at radius 1 is 0.900 bits per heavy atom. The monoisotopic (exact) mass is 558 g/mol. The van der Waals surface area contributed by atoms with Crippen LogP contribution in [0.3, 0.4) is 0 Å². The van der Waals surface area contributed by atoms with Gasteiger partial charge in [0.15, 0.2) is 17.1 Å². The molecule has 0 atom stereocenters. The number of fused-ring (bicyclic) bond motifs is 1. The molecule has 1 fully saturated rings. The molecule has 40 heavy (non-hydrogen) atoms. The Balaban J connectivity index is 1.48. The van der Waals surface area contributed by atoms with E-state index in [9.17, 15) is 8.42 Å². The number of aromatic nitrogens is 4. The van der Waals surface area contributed by atoms with Crippen molar-refractivity contribution in [3.63, 3.8) is 0 Å². The number of ether oxygens (including phenoxy) is 3. The Kier molecular flexibility index (Phi) is 7.03. The van der Waals surface area contributed by atoms with E-state index in [1.165, 1.54) is 3.97 Å². The number of rotatable bonds is 8. The normalized spacial score (nSPS) is 14.4. The SMILES string of the molecule is COc1ccc(-c2cnc3c(c2)c(-c2cnn(CC4CCOCC4)c2)cn3S(=O)(=O)c2ccccc2)cc1OC. The highest BCUT2D eigenvalue weighted by Crippen LogP contribution is 2.37. The minimum absolute atomic E-state index is 0.194. The maximum atomic E-state index is 13.7. The number of benzene rings is 2. The molecule has 0 spiro atoms. The molecule has 2 aromatic carbocycles.